The molecule has 0 N–H and O–H groups in total. The van der Waals surface area contributed by atoms with Crippen LogP contribution in [-0.2, 0) is 12.5 Å². The van der Waals surface area contributed by atoms with Crippen molar-refractivity contribution in [1.29, 1.82) is 0 Å². The van der Waals surface area contributed by atoms with E-state index in [2.05, 4.69) is 186 Å². The predicted octanol–water partition coefficient (Wildman–Crippen LogP) is 13.2. The van der Waals surface area contributed by atoms with E-state index in [-0.39, 0.29) is 5.41 Å². The number of fused-ring (bicyclic) bond motifs is 11. The number of hydrogen-bond acceptors (Lipinski definition) is 2. The van der Waals surface area contributed by atoms with E-state index in [4.69, 9.17) is 0 Å². The van der Waals surface area contributed by atoms with Gasteiger partial charge in [0.25, 0.3) is 0 Å². The maximum absolute atomic E-state index is 2.54. The number of rotatable bonds is 3. The number of anilines is 3. The molecule has 0 saturated heterocycles. The molecule has 0 spiro atoms. The van der Waals surface area contributed by atoms with Gasteiger partial charge in [-0.05, 0) is 98.8 Å². The van der Waals surface area contributed by atoms with E-state index in [0.29, 0.717) is 0 Å². The molecule has 2 heterocycles. The first-order chi connectivity index (χ1) is 23.4. The molecule has 9 aromatic rings. The summed E-state index contributed by atoms with van der Waals surface area (Å²) >= 11 is 4.34. The average molecular weight is 747 g/mol. The highest BCUT2D eigenvalue weighted by molar-refractivity contribution is 14.1. The van der Waals surface area contributed by atoms with Crippen molar-refractivity contribution in [1.82, 2.24) is 4.57 Å². The van der Waals surface area contributed by atoms with Crippen LogP contribution >= 0.6 is 33.9 Å². The van der Waals surface area contributed by atoms with Gasteiger partial charge in [-0.1, -0.05) is 98.8 Å². The number of aromatic nitrogens is 1. The van der Waals surface area contributed by atoms with Crippen LogP contribution in [0, 0.1) is 3.57 Å². The second-order valence-corrected chi connectivity index (χ2v) is 15.9. The molecule has 0 saturated carbocycles. The molecule has 48 heavy (non-hydrogen) atoms. The third kappa shape index (κ3) is 3.84. The Morgan fingerprint density at radius 2 is 1.29 bits per heavy atom. The summed E-state index contributed by atoms with van der Waals surface area (Å²) in [4.78, 5) is 2.54. The zero-order chi connectivity index (χ0) is 32.3. The van der Waals surface area contributed by atoms with Crippen molar-refractivity contribution in [3.63, 3.8) is 0 Å². The molecule has 2 aromatic heterocycles. The highest BCUT2D eigenvalue weighted by Gasteiger charge is 2.38. The molecule has 7 aromatic carbocycles. The molecule has 0 amide bonds. The Labute approximate surface area is 297 Å². The van der Waals surface area contributed by atoms with Gasteiger partial charge < -0.3 is 9.47 Å². The fourth-order valence-electron chi connectivity index (χ4n) is 8.38. The van der Waals surface area contributed by atoms with Crippen molar-refractivity contribution in [2.75, 3.05) is 4.90 Å². The number of nitrogens with zero attached hydrogens (tertiary/aromatic N) is 2. The first-order valence-corrected chi connectivity index (χ1v) is 18.3. The molecule has 10 rings (SSSR count). The predicted molar refractivity (Wildman–Crippen MR) is 216 cm³/mol. The lowest BCUT2D eigenvalue weighted by Gasteiger charge is -2.30. The summed E-state index contributed by atoms with van der Waals surface area (Å²) in [5.41, 5.74) is 11.4. The van der Waals surface area contributed by atoms with Gasteiger partial charge in [0.2, 0.25) is 0 Å². The molecular formula is C44H31IN2S. The van der Waals surface area contributed by atoms with E-state index in [0.717, 1.165) is 0 Å². The standard InChI is InChI=1S/C44H31IN2S/c1-44(2)35-23-26(45)19-21-34(35)42-32-14-5-4-11-28(32)39(25-36(42)44)47(27-20-22-31-30-13-7-9-18-40(30)48-41(31)24-27)38-17-10-15-33-29-12-6-8-16-37(29)46(3)43(33)38/h4-25H,1-3H3. The molecule has 1 aliphatic rings. The van der Waals surface area contributed by atoms with Crippen molar-refractivity contribution in [2.24, 2.45) is 7.05 Å². The summed E-state index contributed by atoms with van der Waals surface area (Å²) in [5.74, 6) is 0. The van der Waals surface area contributed by atoms with Crippen LogP contribution in [0.4, 0.5) is 17.1 Å². The van der Waals surface area contributed by atoms with Gasteiger partial charge in [-0.2, -0.15) is 0 Å². The summed E-state index contributed by atoms with van der Waals surface area (Å²) in [6.07, 6.45) is 0. The summed E-state index contributed by atoms with van der Waals surface area (Å²) in [7, 11) is 2.21. The zero-order valence-corrected chi connectivity index (χ0v) is 29.9. The highest BCUT2D eigenvalue weighted by atomic mass is 127. The molecule has 0 radical (unpaired) electrons. The van der Waals surface area contributed by atoms with Crippen LogP contribution in [0.15, 0.2) is 133 Å². The molecule has 2 nitrogen and oxygen atoms in total. The number of hydrogen-bond donors (Lipinski definition) is 0. The first kappa shape index (κ1) is 28.4. The van der Waals surface area contributed by atoms with Crippen molar-refractivity contribution < 1.29 is 0 Å². The van der Waals surface area contributed by atoms with E-state index in [9.17, 15) is 0 Å². The minimum Gasteiger partial charge on any atom is -0.342 e. The Bertz CT molecular complexity index is 2800. The highest BCUT2D eigenvalue weighted by Crippen LogP contribution is 2.55. The Hall–Kier alpha value is -4.65. The largest absolute Gasteiger partial charge is 0.342 e. The minimum absolute atomic E-state index is 0.141. The van der Waals surface area contributed by atoms with Crippen molar-refractivity contribution in [2.45, 2.75) is 19.3 Å². The lowest BCUT2D eigenvalue weighted by atomic mass is 9.81. The van der Waals surface area contributed by atoms with Gasteiger partial charge in [0.15, 0.2) is 0 Å². The monoisotopic (exact) mass is 746 g/mol. The number of aryl methyl sites for hydroxylation is 1. The van der Waals surface area contributed by atoms with Gasteiger partial charge in [-0.25, -0.2) is 0 Å². The smallest absolute Gasteiger partial charge is 0.0733 e. The maximum Gasteiger partial charge on any atom is 0.0733 e. The number of para-hydroxylation sites is 2. The Morgan fingerprint density at radius 3 is 2.15 bits per heavy atom. The maximum atomic E-state index is 2.54. The molecule has 230 valence electrons. The summed E-state index contributed by atoms with van der Waals surface area (Å²) in [5, 5.41) is 7.74. The molecular weight excluding hydrogens is 715 g/mol. The van der Waals surface area contributed by atoms with Crippen molar-refractivity contribution >= 4 is 104 Å². The Balaban J connectivity index is 1.33. The number of thiophene rings is 1. The van der Waals surface area contributed by atoms with E-state index < -0.39 is 0 Å². The van der Waals surface area contributed by atoms with Crippen molar-refractivity contribution in [3.8, 4) is 11.1 Å². The average Bonchev–Trinajstić information content (AvgIpc) is 3.70. The minimum atomic E-state index is -0.141. The van der Waals surface area contributed by atoms with E-state index >= 15 is 0 Å². The molecule has 0 aliphatic heterocycles. The Kier molecular flexibility index (Phi) is 6.02. The van der Waals surface area contributed by atoms with E-state index in [1.807, 2.05) is 11.3 Å². The van der Waals surface area contributed by atoms with Crippen LogP contribution in [0.3, 0.4) is 0 Å². The number of halogens is 1. The molecule has 0 atom stereocenters. The molecule has 0 fully saturated rings. The SMILES string of the molecule is Cn1c2ccccc2c2cccc(N(c3ccc4c(c3)sc3ccccc34)c3cc4c(c5ccccc35)-c3ccc(I)cc3C4(C)C)c21. The molecule has 4 heteroatoms. The fourth-order valence-corrected chi connectivity index (χ4v) is 10.0. The van der Waals surface area contributed by atoms with Crippen LogP contribution in [0.5, 0.6) is 0 Å². The topological polar surface area (TPSA) is 8.17 Å². The zero-order valence-electron chi connectivity index (χ0n) is 26.9. The van der Waals surface area contributed by atoms with Crippen LogP contribution in [0.1, 0.15) is 25.0 Å². The summed E-state index contributed by atoms with van der Waals surface area (Å²) < 4.78 is 6.28. The van der Waals surface area contributed by atoms with Gasteiger partial charge >= 0.3 is 0 Å². The molecule has 0 bridgehead atoms. The second-order valence-electron chi connectivity index (χ2n) is 13.5. The van der Waals surface area contributed by atoms with Crippen LogP contribution < -0.4 is 4.90 Å². The normalized spacial score (nSPS) is 13.6. The number of benzene rings is 7. The quantitative estimate of drug-likeness (QED) is 0.164. The van der Waals surface area contributed by atoms with E-state index in [1.165, 1.54) is 95.6 Å². The van der Waals surface area contributed by atoms with Crippen LogP contribution in [0.25, 0.3) is 63.9 Å². The van der Waals surface area contributed by atoms with Gasteiger partial charge in [0.05, 0.1) is 16.9 Å². The van der Waals surface area contributed by atoms with Crippen LogP contribution in [-0.4, -0.2) is 4.57 Å². The lowest BCUT2D eigenvalue weighted by Crippen LogP contribution is -2.17. The summed E-state index contributed by atoms with van der Waals surface area (Å²) in [6.45, 7) is 4.79. The third-order valence-electron chi connectivity index (χ3n) is 10.6. The fraction of sp³-hybridized carbons (Fsp3) is 0.0909. The van der Waals surface area contributed by atoms with Gasteiger partial charge in [0.1, 0.15) is 0 Å². The summed E-state index contributed by atoms with van der Waals surface area (Å²) in [6, 6.07) is 49.9. The molecule has 0 unspecified atom stereocenters. The third-order valence-corrected chi connectivity index (χ3v) is 12.4. The second kappa shape index (κ2) is 10.2. The van der Waals surface area contributed by atoms with Gasteiger partial charge in [-0.3, -0.25) is 0 Å². The Morgan fingerprint density at radius 1 is 0.583 bits per heavy atom. The van der Waals surface area contributed by atoms with Crippen LogP contribution in [0.2, 0.25) is 0 Å². The first-order valence-electron chi connectivity index (χ1n) is 16.4. The molecule has 1 aliphatic carbocycles. The van der Waals surface area contributed by atoms with Gasteiger partial charge in [-0.15, -0.1) is 11.3 Å². The van der Waals surface area contributed by atoms with Crippen molar-refractivity contribution in [3.05, 3.63) is 148 Å². The lowest BCUT2D eigenvalue weighted by molar-refractivity contribution is 0.660. The van der Waals surface area contributed by atoms with E-state index in [1.54, 1.807) is 0 Å². The van der Waals surface area contributed by atoms with Gasteiger partial charge in [0, 0.05) is 63.6 Å².